The number of para-hydroxylation sites is 1. The van der Waals surface area contributed by atoms with Gasteiger partial charge in [-0.3, -0.25) is 0 Å². The highest BCUT2D eigenvalue weighted by Crippen LogP contribution is 2.32. The lowest BCUT2D eigenvalue weighted by Gasteiger charge is -2.14. The molecule has 0 fully saturated rings. The molecule has 102 valence electrons. The molecule has 0 aliphatic carbocycles. The number of hydrogen-bond donors (Lipinski definition) is 1. The van der Waals surface area contributed by atoms with Gasteiger partial charge in [0.2, 0.25) is 0 Å². The van der Waals surface area contributed by atoms with Gasteiger partial charge in [-0.25, -0.2) is 0 Å². The average molecular weight is 277 g/mol. The zero-order valence-corrected chi connectivity index (χ0v) is 11.2. The van der Waals surface area contributed by atoms with Gasteiger partial charge in [0.05, 0.1) is 7.11 Å². The van der Waals surface area contributed by atoms with Gasteiger partial charge < -0.3 is 14.8 Å². The number of nitrogens with one attached hydrogen (secondary N) is 1. The minimum Gasteiger partial charge on any atom is -0.493 e. The predicted octanol–water partition coefficient (Wildman–Crippen LogP) is 2.75. The Hall–Kier alpha value is -1.01. The van der Waals surface area contributed by atoms with Crippen LogP contribution in [0.4, 0.5) is 8.78 Å². The van der Waals surface area contributed by atoms with E-state index in [2.05, 4.69) is 10.1 Å². The van der Waals surface area contributed by atoms with Gasteiger partial charge in [-0.1, -0.05) is 12.1 Å². The normalized spacial score (nSPS) is 10.7. The van der Waals surface area contributed by atoms with Crippen molar-refractivity contribution < 1.29 is 18.3 Å². The molecule has 1 aromatic carbocycles. The van der Waals surface area contributed by atoms with E-state index in [0.29, 0.717) is 17.9 Å². The summed E-state index contributed by atoms with van der Waals surface area (Å²) < 4.78 is 34.3. The first kappa shape index (κ1) is 15.0. The van der Waals surface area contributed by atoms with Crippen LogP contribution in [-0.4, -0.2) is 32.3 Å². The van der Waals surface area contributed by atoms with E-state index in [1.165, 1.54) is 7.11 Å². The first-order valence-electron chi connectivity index (χ1n) is 5.49. The fourth-order valence-electron chi connectivity index (χ4n) is 1.48. The molecule has 0 aromatic heterocycles. The van der Waals surface area contributed by atoms with Crippen molar-refractivity contribution in [1.82, 2.24) is 5.32 Å². The first-order valence-corrected chi connectivity index (χ1v) is 6.88. The topological polar surface area (TPSA) is 30.5 Å². The van der Waals surface area contributed by atoms with Crippen LogP contribution in [0.25, 0.3) is 0 Å². The molecule has 1 rings (SSSR count). The predicted molar refractivity (Wildman–Crippen MR) is 69.7 cm³/mol. The fourth-order valence-corrected chi connectivity index (χ4v) is 1.83. The molecule has 0 spiro atoms. The minimum atomic E-state index is -2.86. The highest BCUT2D eigenvalue weighted by molar-refractivity contribution is 7.98. The van der Waals surface area contributed by atoms with Crippen molar-refractivity contribution in [2.45, 2.75) is 13.2 Å². The second-order valence-corrected chi connectivity index (χ2v) is 4.48. The lowest BCUT2D eigenvalue weighted by Crippen LogP contribution is -2.17. The summed E-state index contributed by atoms with van der Waals surface area (Å²) in [4.78, 5) is 0. The molecule has 3 nitrogen and oxygen atoms in total. The van der Waals surface area contributed by atoms with Crippen molar-refractivity contribution in [1.29, 1.82) is 0 Å². The van der Waals surface area contributed by atoms with Crippen molar-refractivity contribution >= 4 is 11.8 Å². The van der Waals surface area contributed by atoms with Crippen molar-refractivity contribution in [2.24, 2.45) is 0 Å². The number of ether oxygens (including phenoxy) is 2. The van der Waals surface area contributed by atoms with E-state index in [-0.39, 0.29) is 5.75 Å². The van der Waals surface area contributed by atoms with Gasteiger partial charge in [0.15, 0.2) is 11.5 Å². The summed E-state index contributed by atoms with van der Waals surface area (Å²) in [5.41, 5.74) is 0.663. The molecule has 0 aliphatic rings. The molecular weight excluding hydrogens is 260 g/mol. The third-order valence-corrected chi connectivity index (χ3v) is 2.90. The SMILES string of the molecule is COc1cccc(CNCCSC)c1OC(F)F. The lowest BCUT2D eigenvalue weighted by molar-refractivity contribution is -0.0518. The van der Waals surface area contributed by atoms with Crippen molar-refractivity contribution in [3.05, 3.63) is 23.8 Å². The Balaban J connectivity index is 2.75. The number of methoxy groups -OCH3 is 1. The minimum absolute atomic E-state index is 0.103. The maximum Gasteiger partial charge on any atom is 0.387 e. The van der Waals surface area contributed by atoms with Crippen molar-refractivity contribution in [3.63, 3.8) is 0 Å². The molecule has 0 radical (unpaired) electrons. The van der Waals surface area contributed by atoms with E-state index in [9.17, 15) is 8.78 Å². The van der Waals surface area contributed by atoms with Gasteiger partial charge in [0.25, 0.3) is 0 Å². The number of hydrogen-bond acceptors (Lipinski definition) is 4. The Morgan fingerprint density at radius 1 is 1.39 bits per heavy atom. The maximum atomic E-state index is 12.4. The average Bonchev–Trinajstić information content (AvgIpc) is 2.35. The van der Waals surface area contributed by atoms with E-state index in [1.807, 2.05) is 6.26 Å². The molecule has 0 unspecified atom stereocenters. The van der Waals surface area contributed by atoms with Gasteiger partial charge >= 0.3 is 6.61 Å². The molecule has 18 heavy (non-hydrogen) atoms. The number of benzene rings is 1. The second kappa shape index (κ2) is 8.16. The second-order valence-electron chi connectivity index (χ2n) is 3.50. The van der Waals surface area contributed by atoms with Gasteiger partial charge in [-0.15, -0.1) is 0 Å². The molecule has 0 saturated carbocycles. The Kier molecular flexibility index (Phi) is 6.82. The Bertz CT molecular complexity index is 364. The number of halogens is 2. The van der Waals surface area contributed by atoms with E-state index in [0.717, 1.165) is 12.3 Å². The Morgan fingerprint density at radius 2 is 2.17 bits per heavy atom. The van der Waals surface area contributed by atoms with E-state index < -0.39 is 6.61 Å². The summed E-state index contributed by atoms with van der Waals surface area (Å²) in [6.07, 6.45) is 2.01. The highest BCUT2D eigenvalue weighted by atomic mass is 32.2. The van der Waals surface area contributed by atoms with Crippen LogP contribution in [-0.2, 0) is 6.54 Å². The van der Waals surface area contributed by atoms with Gasteiger partial charge in [0.1, 0.15) is 0 Å². The van der Waals surface area contributed by atoms with Crippen LogP contribution >= 0.6 is 11.8 Å². The zero-order valence-electron chi connectivity index (χ0n) is 10.4. The molecule has 0 atom stereocenters. The highest BCUT2D eigenvalue weighted by Gasteiger charge is 2.14. The standard InChI is InChI=1S/C12H17F2NO2S/c1-16-10-5-3-4-9(8-15-6-7-18-2)11(10)17-12(13)14/h3-5,12,15H,6-8H2,1-2H3. The largest absolute Gasteiger partial charge is 0.493 e. The van der Waals surface area contributed by atoms with Gasteiger partial charge in [-0.2, -0.15) is 20.5 Å². The molecular formula is C12H17F2NO2S. The van der Waals surface area contributed by atoms with Crippen LogP contribution < -0.4 is 14.8 Å². The maximum absolute atomic E-state index is 12.4. The van der Waals surface area contributed by atoms with E-state index in [4.69, 9.17) is 4.74 Å². The van der Waals surface area contributed by atoms with Crippen LogP contribution in [0.3, 0.4) is 0 Å². The molecule has 0 aliphatic heterocycles. The van der Waals surface area contributed by atoms with Gasteiger partial charge in [-0.05, 0) is 12.3 Å². The summed E-state index contributed by atoms with van der Waals surface area (Å²) in [5.74, 6) is 1.39. The van der Waals surface area contributed by atoms with Crippen LogP contribution in [0.15, 0.2) is 18.2 Å². The summed E-state index contributed by atoms with van der Waals surface area (Å²) in [5, 5.41) is 3.17. The van der Waals surface area contributed by atoms with Crippen LogP contribution in [0.5, 0.6) is 11.5 Å². The molecule has 0 amide bonds. The molecule has 1 N–H and O–H groups in total. The summed E-state index contributed by atoms with van der Waals surface area (Å²) in [6, 6.07) is 5.10. The number of alkyl halides is 2. The summed E-state index contributed by atoms with van der Waals surface area (Å²) >= 11 is 1.72. The molecule has 1 aromatic rings. The third-order valence-electron chi connectivity index (χ3n) is 2.29. The molecule has 0 bridgehead atoms. The Labute approximate surface area is 110 Å². The molecule has 6 heteroatoms. The lowest BCUT2D eigenvalue weighted by atomic mass is 10.2. The monoisotopic (exact) mass is 277 g/mol. The fraction of sp³-hybridized carbons (Fsp3) is 0.500. The van der Waals surface area contributed by atoms with E-state index in [1.54, 1.807) is 30.0 Å². The van der Waals surface area contributed by atoms with Crippen molar-refractivity contribution in [3.8, 4) is 11.5 Å². The smallest absolute Gasteiger partial charge is 0.387 e. The Morgan fingerprint density at radius 3 is 2.78 bits per heavy atom. The third kappa shape index (κ3) is 4.70. The number of rotatable bonds is 8. The summed E-state index contributed by atoms with van der Waals surface area (Å²) in [6.45, 7) is -1.57. The molecule has 0 heterocycles. The van der Waals surface area contributed by atoms with Crippen LogP contribution in [0.2, 0.25) is 0 Å². The van der Waals surface area contributed by atoms with Crippen LogP contribution in [0, 0.1) is 0 Å². The van der Waals surface area contributed by atoms with E-state index >= 15 is 0 Å². The van der Waals surface area contributed by atoms with Crippen molar-refractivity contribution in [2.75, 3.05) is 25.7 Å². The molecule has 0 saturated heterocycles. The first-order chi connectivity index (χ1) is 8.69. The zero-order chi connectivity index (χ0) is 13.4. The van der Waals surface area contributed by atoms with Crippen LogP contribution in [0.1, 0.15) is 5.56 Å². The number of thioether (sulfide) groups is 1. The summed E-state index contributed by atoms with van der Waals surface area (Å²) in [7, 11) is 1.43. The quantitative estimate of drug-likeness (QED) is 0.740. The van der Waals surface area contributed by atoms with Gasteiger partial charge in [0, 0.05) is 24.4 Å².